The van der Waals surface area contributed by atoms with Gasteiger partial charge in [0.05, 0.1) is 23.1 Å². The highest BCUT2D eigenvalue weighted by atomic mass is 16.6. The number of likely N-dealkylation sites (tertiary alicyclic amines) is 1. The first kappa shape index (κ1) is 20.4. The van der Waals surface area contributed by atoms with E-state index in [1.54, 1.807) is 11.0 Å². The van der Waals surface area contributed by atoms with Gasteiger partial charge < -0.3 is 14.4 Å². The van der Waals surface area contributed by atoms with Crippen LogP contribution in [0.3, 0.4) is 0 Å². The van der Waals surface area contributed by atoms with Crippen molar-refractivity contribution in [2.45, 2.75) is 58.1 Å². The number of carbonyl (C=O) groups excluding carboxylic acids is 1. The lowest BCUT2D eigenvalue weighted by atomic mass is 10.1. The molecule has 2 heterocycles. The largest absolute Gasteiger partial charge is 0.486 e. The SMILES string of the molecule is CC(C)(C)OC(=O)N1CCC(n2cc3cc([N+](=O)[O-])c(OCC4CC4)cc3n2)CC1. The van der Waals surface area contributed by atoms with Crippen LogP contribution in [0.2, 0.25) is 0 Å². The predicted molar refractivity (Wildman–Crippen MR) is 111 cm³/mol. The van der Waals surface area contributed by atoms with Gasteiger partial charge in [0.2, 0.25) is 0 Å². The summed E-state index contributed by atoms with van der Waals surface area (Å²) in [5.74, 6) is 0.789. The fourth-order valence-electron chi connectivity index (χ4n) is 3.64. The molecular weight excluding hydrogens is 388 g/mol. The quantitative estimate of drug-likeness (QED) is 0.532. The van der Waals surface area contributed by atoms with Crippen LogP contribution in [-0.2, 0) is 4.74 Å². The Morgan fingerprint density at radius 1 is 1.23 bits per heavy atom. The Balaban J connectivity index is 1.47. The van der Waals surface area contributed by atoms with Crippen LogP contribution >= 0.6 is 0 Å². The summed E-state index contributed by atoms with van der Waals surface area (Å²) in [4.78, 5) is 25.1. The summed E-state index contributed by atoms with van der Waals surface area (Å²) < 4.78 is 13.0. The Labute approximate surface area is 175 Å². The molecule has 2 aromatic rings. The molecule has 1 aromatic carbocycles. The molecular formula is C21H28N4O5. The second kappa shape index (κ2) is 7.77. The number of nitrogens with zero attached hydrogens (tertiary/aromatic N) is 4. The topological polar surface area (TPSA) is 99.7 Å². The van der Waals surface area contributed by atoms with Crippen LogP contribution in [0.5, 0.6) is 5.75 Å². The molecule has 1 saturated carbocycles. The maximum Gasteiger partial charge on any atom is 0.410 e. The van der Waals surface area contributed by atoms with Gasteiger partial charge >= 0.3 is 11.8 Å². The summed E-state index contributed by atoms with van der Waals surface area (Å²) in [6.07, 6.45) is 5.29. The smallest absolute Gasteiger partial charge is 0.410 e. The van der Waals surface area contributed by atoms with Crippen molar-refractivity contribution in [2.24, 2.45) is 5.92 Å². The number of hydrogen-bond acceptors (Lipinski definition) is 6. The van der Waals surface area contributed by atoms with Crippen LogP contribution in [0.1, 0.15) is 52.5 Å². The van der Waals surface area contributed by atoms with Gasteiger partial charge in [-0.2, -0.15) is 5.10 Å². The van der Waals surface area contributed by atoms with E-state index in [9.17, 15) is 14.9 Å². The zero-order valence-corrected chi connectivity index (χ0v) is 17.7. The van der Waals surface area contributed by atoms with Crippen LogP contribution in [0, 0.1) is 16.0 Å². The summed E-state index contributed by atoms with van der Waals surface area (Å²) in [5, 5.41) is 16.8. The lowest BCUT2D eigenvalue weighted by molar-refractivity contribution is -0.385. The molecule has 1 aliphatic heterocycles. The highest BCUT2D eigenvalue weighted by Crippen LogP contribution is 2.36. The van der Waals surface area contributed by atoms with Crippen molar-refractivity contribution in [3.05, 3.63) is 28.4 Å². The number of aromatic nitrogens is 2. The number of nitro benzene ring substituents is 1. The molecule has 30 heavy (non-hydrogen) atoms. The summed E-state index contributed by atoms with van der Waals surface area (Å²) in [6.45, 7) is 7.26. The molecule has 4 rings (SSSR count). The second-order valence-electron chi connectivity index (χ2n) is 9.20. The second-order valence-corrected chi connectivity index (χ2v) is 9.20. The monoisotopic (exact) mass is 416 g/mol. The zero-order chi connectivity index (χ0) is 21.5. The Bertz CT molecular complexity index is 952. The van der Waals surface area contributed by atoms with E-state index in [1.807, 2.05) is 31.6 Å². The van der Waals surface area contributed by atoms with E-state index in [1.165, 1.54) is 6.07 Å². The molecule has 0 unspecified atom stereocenters. The lowest BCUT2D eigenvalue weighted by Gasteiger charge is -2.33. The standard InChI is InChI=1S/C21H28N4O5/c1-21(2,3)30-20(26)23-8-6-16(7-9-23)24-12-15-10-18(25(27)28)19(11-17(15)22-24)29-13-14-4-5-14/h10-12,14,16H,4-9,13H2,1-3H3. The number of fused-ring (bicyclic) bond motifs is 1. The van der Waals surface area contributed by atoms with Crippen molar-refractivity contribution >= 4 is 22.7 Å². The third kappa shape index (κ3) is 4.66. The molecule has 0 bridgehead atoms. The van der Waals surface area contributed by atoms with Crippen LogP contribution < -0.4 is 4.74 Å². The van der Waals surface area contributed by atoms with Crippen molar-refractivity contribution in [3.8, 4) is 5.75 Å². The van der Waals surface area contributed by atoms with Gasteiger partial charge in [-0.25, -0.2) is 4.79 Å². The van der Waals surface area contributed by atoms with E-state index < -0.39 is 10.5 Å². The Kier molecular flexibility index (Phi) is 5.29. The highest BCUT2D eigenvalue weighted by Gasteiger charge is 2.29. The minimum atomic E-state index is -0.512. The minimum Gasteiger partial charge on any atom is -0.486 e. The van der Waals surface area contributed by atoms with Crippen LogP contribution in [-0.4, -0.2) is 51.0 Å². The molecule has 0 atom stereocenters. The van der Waals surface area contributed by atoms with E-state index in [-0.39, 0.29) is 23.6 Å². The number of ether oxygens (including phenoxy) is 2. The van der Waals surface area contributed by atoms with E-state index in [0.717, 1.165) is 31.1 Å². The van der Waals surface area contributed by atoms with Gasteiger partial charge in [0, 0.05) is 36.8 Å². The van der Waals surface area contributed by atoms with Crippen molar-refractivity contribution in [2.75, 3.05) is 19.7 Å². The summed E-state index contributed by atoms with van der Waals surface area (Å²) in [5.41, 5.74) is 0.144. The molecule has 0 spiro atoms. The highest BCUT2D eigenvalue weighted by molar-refractivity contribution is 5.83. The first-order chi connectivity index (χ1) is 14.2. The third-order valence-corrected chi connectivity index (χ3v) is 5.46. The number of nitro groups is 1. The molecule has 1 saturated heterocycles. The van der Waals surface area contributed by atoms with Crippen LogP contribution in [0.4, 0.5) is 10.5 Å². The van der Waals surface area contributed by atoms with Crippen LogP contribution in [0.25, 0.3) is 10.9 Å². The molecule has 0 N–H and O–H groups in total. The average Bonchev–Trinajstić information content (AvgIpc) is 3.41. The molecule has 0 radical (unpaired) electrons. The predicted octanol–water partition coefficient (Wildman–Crippen LogP) is 4.31. The zero-order valence-electron chi connectivity index (χ0n) is 17.7. The van der Waals surface area contributed by atoms with Gasteiger partial charge in [-0.15, -0.1) is 0 Å². The van der Waals surface area contributed by atoms with Gasteiger partial charge in [-0.05, 0) is 52.4 Å². The average molecular weight is 416 g/mol. The van der Waals surface area contributed by atoms with Crippen LogP contribution in [0.15, 0.2) is 18.3 Å². The van der Waals surface area contributed by atoms with Gasteiger partial charge in [0.25, 0.3) is 0 Å². The number of benzene rings is 1. The fourth-order valence-corrected chi connectivity index (χ4v) is 3.64. The molecule has 1 aromatic heterocycles. The number of piperidine rings is 1. The molecule has 9 heteroatoms. The van der Waals surface area contributed by atoms with Gasteiger partial charge in [0.1, 0.15) is 5.60 Å². The van der Waals surface area contributed by atoms with E-state index >= 15 is 0 Å². The maximum absolute atomic E-state index is 12.3. The number of rotatable bonds is 5. The third-order valence-electron chi connectivity index (χ3n) is 5.46. The Hall–Kier alpha value is -2.84. The lowest BCUT2D eigenvalue weighted by Crippen LogP contribution is -2.42. The summed E-state index contributed by atoms with van der Waals surface area (Å²) in [7, 11) is 0. The van der Waals surface area contributed by atoms with E-state index in [2.05, 4.69) is 5.10 Å². The Morgan fingerprint density at radius 2 is 1.93 bits per heavy atom. The molecule has 2 aliphatic rings. The molecule has 2 fully saturated rings. The fraction of sp³-hybridized carbons (Fsp3) is 0.619. The number of hydrogen-bond donors (Lipinski definition) is 0. The summed E-state index contributed by atoms with van der Waals surface area (Å²) >= 11 is 0. The molecule has 1 amide bonds. The number of amides is 1. The maximum atomic E-state index is 12.3. The van der Waals surface area contributed by atoms with Gasteiger partial charge in [-0.3, -0.25) is 14.8 Å². The van der Waals surface area contributed by atoms with E-state index in [4.69, 9.17) is 9.47 Å². The Morgan fingerprint density at radius 3 is 2.53 bits per heavy atom. The molecule has 1 aliphatic carbocycles. The summed E-state index contributed by atoms with van der Waals surface area (Å²) in [6, 6.07) is 3.34. The first-order valence-electron chi connectivity index (χ1n) is 10.5. The van der Waals surface area contributed by atoms with E-state index in [0.29, 0.717) is 31.1 Å². The van der Waals surface area contributed by atoms with Crippen molar-refractivity contribution < 1.29 is 19.2 Å². The van der Waals surface area contributed by atoms with Gasteiger partial charge in [0.15, 0.2) is 5.75 Å². The van der Waals surface area contributed by atoms with Crippen molar-refractivity contribution in [1.82, 2.24) is 14.7 Å². The molecule has 162 valence electrons. The van der Waals surface area contributed by atoms with Gasteiger partial charge in [-0.1, -0.05) is 0 Å². The normalized spacial score (nSPS) is 17.9. The first-order valence-corrected chi connectivity index (χ1v) is 10.5. The number of carbonyl (C=O) groups is 1. The minimum absolute atomic E-state index is 0.0255. The van der Waals surface area contributed by atoms with Crippen molar-refractivity contribution in [1.29, 1.82) is 0 Å². The van der Waals surface area contributed by atoms with Crippen molar-refractivity contribution in [3.63, 3.8) is 0 Å². The molecule has 9 nitrogen and oxygen atoms in total.